The van der Waals surface area contributed by atoms with Crippen LogP contribution in [-0.2, 0) is 16.1 Å². The molecule has 4 aromatic rings. The number of aryl methyl sites for hydroxylation is 1. The molecule has 1 aliphatic rings. The van der Waals surface area contributed by atoms with Crippen LogP contribution >= 0.6 is 27.7 Å². The van der Waals surface area contributed by atoms with Gasteiger partial charge in [-0.15, -0.1) is 0 Å². The Hall–Kier alpha value is -4.08. The number of hydrogen-bond acceptors (Lipinski definition) is 6. The van der Waals surface area contributed by atoms with Crippen LogP contribution in [-0.4, -0.2) is 35.2 Å². The summed E-state index contributed by atoms with van der Waals surface area (Å²) in [6.45, 7) is 4.15. The van der Waals surface area contributed by atoms with Crippen LogP contribution in [0.3, 0.4) is 0 Å². The van der Waals surface area contributed by atoms with Gasteiger partial charge in [0.05, 0.1) is 22.5 Å². The molecule has 7 nitrogen and oxygen atoms in total. The number of carbonyl (C=O) groups excluding carboxylic acids is 3. The molecular formula is C32H27BrN2O5S. The fourth-order valence-corrected chi connectivity index (χ4v) is 5.85. The van der Waals surface area contributed by atoms with E-state index in [9.17, 15) is 14.4 Å². The van der Waals surface area contributed by atoms with Crippen molar-refractivity contribution in [3.05, 3.63) is 105 Å². The summed E-state index contributed by atoms with van der Waals surface area (Å²) in [5.41, 5.74) is 3.32. The maximum absolute atomic E-state index is 13.3. The molecule has 1 fully saturated rings. The minimum atomic E-state index is -0.352. The molecule has 0 radical (unpaired) electrons. The lowest BCUT2D eigenvalue weighted by Crippen LogP contribution is -2.27. The number of nitrogens with zero attached hydrogens (tertiary/aromatic N) is 1. The molecule has 1 saturated heterocycles. The van der Waals surface area contributed by atoms with E-state index in [0.717, 1.165) is 33.7 Å². The number of amides is 3. The second-order valence-electron chi connectivity index (χ2n) is 9.37. The molecule has 1 aliphatic heterocycles. The molecule has 5 rings (SSSR count). The molecule has 3 amide bonds. The van der Waals surface area contributed by atoms with E-state index in [-0.39, 0.29) is 30.2 Å². The normalized spacial score (nSPS) is 14.1. The van der Waals surface area contributed by atoms with Crippen LogP contribution in [0.15, 0.2) is 88.2 Å². The number of halogens is 1. The molecule has 0 atom stereocenters. The summed E-state index contributed by atoms with van der Waals surface area (Å²) < 4.78 is 12.2. The van der Waals surface area contributed by atoms with Crippen LogP contribution in [0.5, 0.6) is 11.5 Å². The average molecular weight is 632 g/mol. The predicted molar refractivity (Wildman–Crippen MR) is 166 cm³/mol. The second-order valence-corrected chi connectivity index (χ2v) is 11.2. The molecule has 0 bridgehead atoms. The van der Waals surface area contributed by atoms with Gasteiger partial charge in [-0.05, 0) is 93.8 Å². The Bertz CT molecular complexity index is 1660. The van der Waals surface area contributed by atoms with E-state index < -0.39 is 0 Å². The van der Waals surface area contributed by atoms with Crippen molar-refractivity contribution in [1.82, 2.24) is 4.90 Å². The minimum Gasteiger partial charge on any atom is -0.490 e. The number of rotatable bonds is 9. The first-order valence-corrected chi connectivity index (χ1v) is 14.6. The van der Waals surface area contributed by atoms with Crippen LogP contribution in [0.25, 0.3) is 16.8 Å². The van der Waals surface area contributed by atoms with Crippen molar-refractivity contribution in [2.24, 2.45) is 0 Å². The van der Waals surface area contributed by atoms with Gasteiger partial charge in [0, 0.05) is 5.69 Å². The summed E-state index contributed by atoms with van der Waals surface area (Å²) in [5.74, 6) is 0.112. The van der Waals surface area contributed by atoms with Gasteiger partial charge in [0.15, 0.2) is 18.1 Å². The lowest BCUT2D eigenvalue weighted by molar-refractivity contribution is -0.123. The number of thioether (sulfide) groups is 1. The van der Waals surface area contributed by atoms with Crippen LogP contribution in [0.4, 0.5) is 10.5 Å². The van der Waals surface area contributed by atoms with Gasteiger partial charge in [0.2, 0.25) is 0 Å². The number of fused-ring (bicyclic) bond motifs is 1. The molecule has 0 aromatic heterocycles. The number of hydrogen-bond donors (Lipinski definition) is 1. The lowest BCUT2D eigenvalue weighted by atomic mass is 10.0. The number of carbonyl (C=O) groups is 3. The Balaban J connectivity index is 1.32. The highest BCUT2D eigenvalue weighted by molar-refractivity contribution is 9.10. The van der Waals surface area contributed by atoms with Gasteiger partial charge >= 0.3 is 0 Å². The maximum Gasteiger partial charge on any atom is 0.293 e. The highest BCUT2D eigenvalue weighted by Crippen LogP contribution is 2.40. The van der Waals surface area contributed by atoms with Crippen molar-refractivity contribution in [3.8, 4) is 11.5 Å². The second kappa shape index (κ2) is 12.6. The molecule has 41 heavy (non-hydrogen) atoms. The Kier molecular flexibility index (Phi) is 8.75. The van der Waals surface area contributed by atoms with Crippen LogP contribution in [0, 0.1) is 6.92 Å². The number of anilines is 1. The summed E-state index contributed by atoms with van der Waals surface area (Å²) in [7, 11) is 0. The highest BCUT2D eigenvalue weighted by Gasteiger charge is 2.35. The van der Waals surface area contributed by atoms with E-state index in [0.29, 0.717) is 38.7 Å². The molecule has 208 valence electrons. The van der Waals surface area contributed by atoms with E-state index in [1.165, 1.54) is 4.90 Å². The number of benzene rings is 4. The Labute approximate surface area is 250 Å². The Morgan fingerprint density at radius 1 is 1.00 bits per heavy atom. The largest absolute Gasteiger partial charge is 0.490 e. The van der Waals surface area contributed by atoms with E-state index in [1.807, 2.05) is 80.6 Å². The smallest absolute Gasteiger partial charge is 0.293 e. The predicted octanol–water partition coefficient (Wildman–Crippen LogP) is 7.56. The maximum atomic E-state index is 13.3. The van der Waals surface area contributed by atoms with Gasteiger partial charge in [0.1, 0.15) is 0 Å². The topological polar surface area (TPSA) is 84.9 Å². The third kappa shape index (κ3) is 6.64. The van der Waals surface area contributed by atoms with Gasteiger partial charge in [-0.2, -0.15) is 0 Å². The fourth-order valence-electron chi connectivity index (χ4n) is 4.43. The van der Waals surface area contributed by atoms with Crippen LogP contribution in [0.1, 0.15) is 23.6 Å². The van der Waals surface area contributed by atoms with Crippen molar-refractivity contribution in [3.63, 3.8) is 0 Å². The van der Waals surface area contributed by atoms with Crippen molar-refractivity contribution < 1.29 is 23.9 Å². The van der Waals surface area contributed by atoms with E-state index in [1.54, 1.807) is 18.2 Å². The fraction of sp³-hybridized carbons (Fsp3) is 0.156. The first-order valence-electron chi connectivity index (χ1n) is 13.0. The molecule has 9 heteroatoms. The molecule has 1 N–H and O–H groups in total. The summed E-state index contributed by atoms with van der Waals surface area (Å²) in [6, 6.07) is 24.7. The Morgan fingerprint density at radius 2 is 1.76 bits per heavy atom. The zero-order valence-corrected chi connectivity index (χ0v) is 24.9. The lowest BCUT2D eigenvalue weighted by Gasteiger charge is -2.15. The van der Waals surface area contributed by atoms with Crippen molar-refractivity contribution >= 4 is 67.3 Å². The van der Waals surface area contributed by atoms with Crippen LogP contribution in [0.2, 0.25) is 0 Å². The van der Waals surface area contributed by atoms with Crippen molar-refractivity contribution in [2.45, 2.75) is 20.4 Å². The molecular weight excluding hydrogens is 604 g/mol. The summed E-state index contributed by atoms with van der Waals surface area (Å²) in [6.07, 6.45) is 1.66. The van der Waals surface area contributed by atoms with E-state index in [4.69, 9.17) is 9.47 Å². The third-order valence-corrected chi connectivity index (χ3v) is 7.89. The zero-order valence-electron chi connectivity index (χ0n) is 22.5. The highest BCUT2D eigenvalue weighted by atomic mass is 79.9. The number of ether oxygens (including phenoxy) is 2. The SMILES string of the molecule is CCOc1cc(/C=C2/SC(=O)N(Cc3cccc4ccccc34)C2=O)cc(Br)c1OCC(=O)Nc1ccc(C)cc1. The van der Waals surface area contributed by atoms with E-state index >= 15 is 0 Å². The van der Waals surface area contributed by atoms with Gasteiger partial charge < -0.3 is 14.8 Å². The molecule has 4 aromatic carbocycles. The number of nitrogens with one attached hydrogen (secondary N) is 1. The monoisotopic (exact) mass is 630 g/mol. The third-order valence-electron chi connectivity index (χ3n) is 6.39. The molecule has 0 aliphatic carbocycles. The van der Waals surface area contributed by atoms with Gasteiger partial charge in [-0.1, -0.05) is 60.2 Å². The molecule has 0 spiro atoms. The summed E-state index contributed by atoms with van der Waals surface area (Å²) in [4.78, 5) is 40.2. The average Bonchev–Trinajstić information content (AvgIpc) is 3.21. The quantitative estimate of drug-likeness (QED) is 0.192. The first kappa shape index (κ1) is 28.4. The number of imide groups is 1. The minimum absolute atomic E-state index is 0.189. The molecule has 0 saturated carbocycles. The molecule has 1 heterocycles. The van der Waals surface area contributed by atoms with Crippen molar-refractivity contribution in [1.29, 1.82) is 0 Å². The van der Waals surface area contributed by atoms with Crippen molar-refractivity contribution in [2.75, 3.05) is 18.5 Å². The van der Waals surface area contributed by atoms with Crippen LogP contribution < -0.4 is 14.8 Å². The summed E-state index contributed by atoms with van der Waals surface area (Å²) in [5, 5.41) is 4.54. The van der Waals surface area contributed by atoms with E-state index in [2.05, 4.69) is 21.2 Å². The van der Waals surface area contributed by atoms with Gasteiger partial charge in [-0.3, -0.25) is 19.3 Å². The van der Waals surface area contributed by atoms with Gasteiger partial charge in [-0.25, -0.2) is 0 Å². The van der Waals surface area contributed by atoms with Gasteiger partial charge in [0.25, 0.3) is 17.1 Å². The standard InChI is InChI=1S/C32H27BrN2O5S/c1-3-39-27-16-21(15-26(33)30(27)40-19-29(36)34-24-13-11-20(2)12-14-24)17-28-31(37)35(32(38)41-28)18-23-9-6-8-22-7-4-5-10-25(22)23/h4-17H,3,18-19H2,1-2H3,(H,34,36)/b28-17+. The zero-order chi connectivity index (χ0) is 28.9. The molecule has 0 unspecified atom stereocenters. The Morgan fingerprint density at radius 3 is 2.54 bits per heavy atom. The summed E-state index contributed by atoms with van der Waals surface area (Å²) >= 11 is 4.42. The first-order chi connectivity index (χ1) is 19.8.